The zero-order valence-corrected chi connectivity index (χ0v) is 14.7. The molecule has 0 aromatic heterocycles. The zero-order chi connectivity index (χ0) is 19.4. The lowest BCUT2D eigenvalue weighted by molar-refractivity contribution is -0.385. The maximum absolute atomic E-state index is 12.7. The van der Waals surface area contributed by atoms with E-state index < -0.39 is 29.4 Å². The van der Waals surface area contributed by atoms with E-state index in [0.717, 1.165) is 11.1 Å². The highest BCUT2D eigenvalue weighted by molar-refractivity contribution is 5.86. The predicted molar refractivity (Wildman–Crippen MR) is 95.1 cm³/mol. The van der Waals surface area contributed by atoms with E-state index >= 15 is 0 Å². The number of nitro benzene ring substituents is 1. The second kappa shape index (κ2) is 7.86. The summed E-state index contributed by atoms with van der Waals surface area (Å²) in [6, 6.07) is 12.6. The van der Waals surface area contributed by atoms with Crippen LogP contribution in [-0.2, 0) is 27.3 Å². The highest BCUT2D eigenvalue weighted by atomic mass is 16.6. The van der Waals surface area contributed by atoms with E-state index in [0.29, 0.717) is 6.42 Å². The molecule has 8 nitrogen and oxygen atoms in total. The summed E-state index contributed by atoms with van der Waals surface area (Å²) in [6.07, 6.45) is 0.347. The van der Waals surface area contributed by atoms with Crippen molar-refractivity contribution in [3.8, 4) is 5.75 Å². The highest BCUT2D eigenvalue weighted by Gasteiger charge is 2.35. The van der Waals surface area contributed by atoms with Gasteiger partial charge in [-0.15, -0.1) is 0 Å². The standard InChI is InChI=1S/C19H18N2O6/c1-26-19(23)16-10-13-6-2-3-7-14(13)11-20(16)18(22)12-27-17-9-5-4-8-15(17)21(24)25/h2-9,16H,10-12H2,1H3/t16-/m1/s1. The lowest BCUT2D eigenvalue weighted by Crippen LogP contribution is -2.50. The quantitative estimate of drug-likeness (QED) is 0.454. The number of nitro groups is 1. The first-order valence-corrected chi connectivity index (χ1v) is 8.31. The highest BCUT2D eigenvalue weighted by Crippen LogP contribution is 2.27. The van der Waals surface area contributed by atoms with Crippen LogP contribution in [0.1, 0.15) is 11.1 Å². The molecule has 0 fully saturated rings. The Kier molecular flexibility index (Phi) is 5.35. The van der Waals surface area contributed by atoms with Crippen LogP contribution in [0.25, 0.3) is 0 Å². The van der Waals surface area contributed by atoms with Gasteiger partial charge in [0, 0.05) is 19.0 Å². The van der Waals surface area contributed by atoms with E-state index in [1.807, 2.05) is 24.3 Å². The Morgan fingerprint density at radius 1 is 1.15 bits per heavy atom. The van der Waals surface area contributed by atoms with Gasteiger partial charge in [0.1, 0.15) is 6.04 Å². The summed E-state index contributed by atoms with van der Waals surface area (Å²) < 4.78 is 10.2. The van der Waals surface area contributed by atoms with Crippen LogP contribution in [0.15, 0.2) is 48.5 Å². The van der Waals surface area contributed by atoms with Gasteiger partial charge in [0.2, 0.25) is 0 Å². The lowest BCUT2D eigenvalue weighted by Gasteiger charge is -2.35. The third kappa shape index (κ3) is 3.89. The van der Waals surface area contributed by atoms with Crippen molar-refractivity contribution in [2.45, 2.75) is 19.0 Å². The molecule has 2 aromatic carbocycles. The molecule has 0 unspecified atom stereocenters. The molecule has 0 N–H and O–H groups in total. The van der Waals surface area contributed by atoms with Crippen LogP contribution in [0.5, 0.6) is 5.75 Å². The van der Waals surface area contributed by atoms with Gasteiger partial charge in [-0.2, -0.15) is 0 Å². The zero-order valence-electron chi connectivity index (χ0n) is 14.7. The molecule has 0 aliphatic carbocycles. The second-order valence-corrected chi connectivity index (χ2v) is 6.05. The maximum Gasteiger partial charge on any atom is 0.328 e. The molecule has 1 heterocycles. The number of hydrogen-bond donors (Lipinski definition) is 0. The van der Waals surface area contributed by atoms with Gasteiger partial charge in [-0.25, -0.2) is 4.79 Å². The van der Waals surface area contributed by atoms with E-state index in [-0.39, 0.29) is 18.0 Å². The number of benzene rings is 2. The first kappa shape index (κ1) is 18.4. The van der Waals surface area contributed by atoms with Crippen molar-refractivity contribution in [2.75, 3.05) is 13.7 Å². The number of ether oxygens (including phenoxy) is 2. The summed E-state index contributed by atoms with van der Waals surface area (Å²) >= 11 is 0. The van der Waals surface area contributed by atoms with Gasteiger partial charge in [0.15, 0.2) is 12.4 Å². The van der Waals surface area contributed by atoms with Gasteiger partial charge >= 0.3 is 11.7 Å². The smallest absolute Gasteiger partial charge is 0.328 e. The fraction of sp³-hybridized carbons (Fsp3) is 0.263. The summed E-state index contributed by atoms with van der Waals surface area (Å²) in [5, 5.41) is 11.1. The van der Waals surface area contributed by atoms with E-state index in [9.17, 15) is 19.7 Å². The Labute approximate surface area is 155 Å². The molecule has 1 amide bonds. The van der Waals surface area contributed by atoms with Crippen LogP contribution < -0.4 is 4.74 Å². The van der Waals surface area contributed by atoms with Crippen LogP contribution >= 0.6 is 0 Å². The maximum atomic E-state index is 12.7. The lowest BCUT2D eigenvalue weighted by atomic mass is 9.94. The van der Waals surface area contributed by atoms with Crippen molar-refractivity contribution in [3.63, 3.8) is 0 Å². The molecular weight excluding hydrogens is 352 g/mol. The Hall–Kier alpha value is -3.42. The molecule has 1 aliphatic heterocycles. The Balaban J connectivity index is 1.78. The predicted octanol–water partition coefficient (Wildman–Crippen LogP) is 2.10. The molecule has 140 valence electrons. The van der Waals surface area contributed by atoms with Gasteiger partial charge in [0.05, 0.1) is 12.0 Å². The van der Waals surface area contributed by atoms with E-state index in [4.69, 9.17) is 9.47 Å². The molecular formula is C19H18N2O6. The van der Waals surface area contributed by atoms with Crippen molar-refractivity contribution in [2.24, 2.45) is 0 Å². The van der Waals surface area contributed by atoms with E-state index in [1.165, 1.54) is 30.2 Å². The summed E-state index contributed by atoms with van der Waals surface area (Å²) in [5.74, 6) is -0.954. The summed E-state index contributed by atoms with van der Waals surface area (Å²) in [6.45, 7) is -0.171. The number of rotatable bonds is 5. The molecule has 2 aromatic rings. The molecule has 0 saturated carbocycles. The number of hydrogen-bond acceptors (Lipinski definition) is 6. The Morgan fingerprint density at radius 2 is 1.81 bits per heavy atom. The first-order chi connectivity index (χ1) is 13.0. The van der Waals surface area contributed by atoms with Gasteiger partial charge in [-0.3, -0.25) is 14.9 Å². The number of para-hydroxylation sites is 2. The number of amides is 1. The largest absolute Gasteiger partial charge is 0.477 e. The Morgan fingerprint density at radius 3 is 2.52 bits per heavy atom. The number of carbonyl (C=O) groups is 2. The average Bonchev–Trinajstić information content (AvgIpc) is 2.70. The average molecular weight is 370 g/mol. The number of esters is 1. The molecule has 1 aliphatic rings. The minimum absolute atomic E-state index is 0.00266. The monoisotopic (exact) mass is 370 g/mol. The Bertz CT molecular complexity index is 882. The molecule has 3 rings (SSSR count). The first-order valence-electron chi connectivity index (χ1n) is 8.31. The second-order valence-electron chi connectivity index (χ2n) is 6.05. The van der Waals surface area contributed by atoms with Crippen LogP contribution in [0.2, 0.25) is 0 Å². The summed E-state index contributed by atoms with van der Waals surface area (Å²) in [4.78, 5) is 36.8. The third-order valence-electron chi connectivity index (χ3n) is 4.46. The van der Waals surface area contributed by atoms with Gasteiger partial charge in [0.25, 0.3) is 5.91 Å². The SMILES string of the molecule is COC(=O)[C@H]1Cc2ccccc2CN1C(=O)COc1ccccc1[N+](=O)[O-]. The van der Waals surface area contributed by atoms with Gasteiger partial charge < -0.3 is 14.4 Å². The number of methoxy groups -OCH3 is 1. The molecule has 0 radical (unpaired) electrons. The van der Waals surface area contributed by atoms with Crippen LogP contribution in [0, 0.1) is 10.1 Å². The van der Waals surface area contributed by atoms with Crippen molar-refractivity contribution in [1.82, 2.24) is 4.90 Å². The van der Waals surface area contributed by atoms with Crippen LogP contribution in [0.4, 0.5) is 5.69 Å². The van der Waals surface area contributed by atoms with Crippen molar-refractivity contribution in [1.29, 1.82) is 0 Å². The van der Waals surface area contributed by atoms with Crippen LogP contribution in [0.3, 0.4) is 0 Å². The van der Waals surface area contributed by atoms with E-state index in [1.54, 1.807) is 6.07 Å². The summed E-state index contributed by atoms with van der Waals surface area (Å²) in [5.41, 5.74) is 1.70. The topological polar surface area (TPSA) is 99.0 Å². The number of fused-ring (bicyclic) bond motifs is 1. The van der Waals surface area contributed by atoms with Crippen molar-refractivity contribution in [3.05, 3.63) is 69.8 Å². The molecule has 27 heavy (non-hydrogen) atoms. The molecule has 0 spiro atoms. The summed E-state index contributed by atoms with van der Waals surface area (Å²) in [7, 11) is 1.27. The fourth-order valence-corrected chi connectivity index (χ4v) is 3.08. The minimum Gasteiger partial charge on any atom is -0.477 e. The van der Waals surface area contributed by atoms with Gasteiger partial charge in [-0.1, -0.05) is 36.4 Å². The van der Waals surface area contributed by atoms with Crippen LogP contribution in [-0.4, -0.2) is 41.5 Å². The minimum atomic E-state index is -0.758. The third-order valence-corrected chi connectivity index (χ3v) is 4.46. The van der Waals surface area contributed by atoms with E-state index in [2.05, 4.69) is 0 Å². The van der Waals surface area contributed by atoms with Crippen molar-refractivity contribution < 1.29 is 24.0 Å². The van der Waals surface area contributed by atoms with Gasteiger partial charge in [-0.05, 0) is 17.2 Å². The fourth-order valence-electron chi connectivity index (χ4n) is 3.08. The molecule has 0 saturated heterocycles. The molecule has 1 atom stereocenters. The molecule has 0 bridgehead atoms. The molecule has 8 heteroatoms. The number of nitrogens with zero attached hydrogens (tertiary/aromatic N) is 2. The normalized spacial score (nSPS) is 15.6. The van der Waals surface area contributed by atoms with Crippen molar-refractivity contribution >= 4 is 17.6 Å². The number of carbonyl (C=O) groups excluding carboxylic acids is 2.